The topological polar surface area (TPSA) is 0 Å². The summed E-state index contributed by atoms with van der Waals surface area (Å²) < 4.78 is 0. The SMILES string of the molecule is Cc1ccccc1C1c2ccccc21. The number of hydrogen-bond acceptors (Lipinski definition) is 0. The molecule has 0 radical (unpaired) electrons. The van der Waals surface area contributed by atoms with Crippen LogP contribution < -0.4 is 0 Å². The van der Waals surface area contributed by atoms with E-state index in [1.165, 1.54) is 22.3 Å². The molecule has 0 saturated carbocycles. The van der Waals surface area contributed by atoms with Crippen LogP contribution in [0.5, 0.6) is 0 Å². The molecule has 0 aliphatic heterocycles. The van der Waals surface area contributed by atoms with Gasteiger partial charge in [0, 0.05) is 5.92 Å². The van der Waals surface area contributed by atoms with Gasteiger partial charge in [0.2, 0.25) is 0 Å². The van der Waals surface area contributed by atoms with Crippen LogP contribution >= 0.6 is 0 Å². The highest BCUT2D eigenvalue weighted by Crippen LogP contribution is 2.48. The molecule has 1 aliphatic rings. The average molecular weight is 180 g/mol. The third kappa shape index (κ3) is 1.00. The van der Waals surface area contributed by atoms with E-state index in [1.807, 2.05) is 0 Å². The monoisotopic (exact) mass is 180 g/mol. The molecule has 0 nitrogen and oxygen atoms in total. The van der Waals surface area contributed by atoms with Crippen molar-refractivity contribution in [3.05, 3.63) is 70.8 Å². The van der Waals surface area contributed by atoms with Crippen molar-refractivity contribution in [2.75, 3.05) is 0 Å². The summed E-state index contributed by atoms with van der Waals surface area (Å²) in [6.07, 6.45) is 0. The Balaban J connectivity index is 2.06. The zero-order chi connectivity index (χ0) is 9.54. The van der Waals surface area contributed by atoms with Crippen molar-refractivity contribution < 1.29 is 0 Å². The van der Waals surface area contributed by atoms with Crippen LogP contribution in [-0.2, 0) is 0 Å². The summed E-state index contributed by atoms with van der Waals surface area (Å²) in [6.45, 7) is 2.19. The minimum Gasteiger partial charge on any atom is -0.0620 e. The van der Waals surface area contributed by atoms with E-state index in [9.17, 15) is 0 Å². The van der Waals surface area contributed by atoms with Crippen LogP contribution in [0, 0.1) is 6.92 Å². The lowest BCUT2D eigenvalue weighted by atomic mass is 10.0. The molecule has 0 saturated heterocycles. The van der Waals surface area contributed by atoms with Crippen molar-refractivity contribution in [1.29, 1.82) is 0 Å². The minimum absolute atomic E-state index is 0.589. The van der Waals surface area contributed by atoms with E-state index in [4.69, 9.17) is 0 Å². The predicted molar refractivity (Wildman–Crippen MR) is 58.6 cm³/mol. The zero-order valence-electron chi connectivity index (χ0n) is 8.20. The van der Waals surface area contributed by atoms with Gasteiger partial charge in [-0.1, -0.05) is 48.5 Å². The highest BCUT2D eigenvalue weighted by atomic mass is 14.4. The molecule has 2 aromatic rings. The van der Waals surface area contributed by atoms with Gasteiger partial charge in [-0.2, -0.15) is 0 Å². The molecule has 0 bridgehead atoms. The Morgan fingerprint density at radius 3 is 1.79 bits per heavy atom. The molecule has 0 heterocycles. The van der Waals surface area contributed by atoms with Gasteiger partial charge < -0.3 is 0 Å². The molecule has 2 aromatic carbocycles. The second-order valence-corrected chi connectivity index (χ2v) is 3.92. The van der Waals surface area contributed by atoms with E-state index in [0.717, 1.165) is 0 Å². The van der Waals surface area contributed by atoms with Gasteiger partial charge >= 0.3 is 0 Å². The van der Waals surface area contributed by atoms with Crippen LogP contribution in [-0.4, -0.2) is 0 Å². The van der Waals surface area contributed by atoms with E-state index in [2.05, 4.69) is 55.5 Å². The fourth-order valence-electron chi connectivity index (χ4n) is 2.21. The second kappa shape index (κ2) is 2.71. The largest absolute Gasteiger partial charge is 0.0620 e. The van der Waals surface area contributed by atoms with E-state index < -0.39 is 0 Å². The predicted octanol–water partition coefficient (Wildman–Crippen LogP) is 3.49. The third-order valence-corrected chi connectivity index (χ3v) is 3.03. The van der Waals surface area contributed by atoms with Crippen molar-refractivity contribution in [3.8, 4) is 0 Å². The summed E-state index contributed by atoms with van der Waals surface area (Å²) in [5.41, 5.74) is 5.87. The Hall–Kier alpha value is -1.56. The van der Waals surface area contributed by atoms with Crippen LogP contribution in [0.25, 0.3) is 0 Å². The zero-order valence-corrected chi connectivity index (χ0v) is 8.20. The molecular weight excluding hydrogens is 168 g/mol. The molecule has 0 atom stereocenters. The molecule has 14 heavy (non-hydrogen) atoms. The Bertz CT molecular complexity index is 460. The minimum atomic E-state index is 0.589. The van der Waals surface area contributed by atoms with Crippen molar-refractivity contribution in [2.45, 2.75) is 12.8 Å². The molecule has 3 rings (SSSR count). The van der Waals surface area contributed by atoms with Gasteiger partial charge in [-0.25, -0.2) is 0 Å². The number of aryl methyl sites for hydroxylation is 1. The molecule has 0 amide bonds. The van der Waals surface area contributed by atoms with Crippen LogP contribution in [0.15, 0.2) is 48.5 Å². The standard InChI is InChI=1S/C14H12/c1-10-6-2-3-7-11(10)14-12-8-4-5-9-13(12)14/h2-9,14H,1H3. The van der Waals surface area contributed by atoms with Crippen LogP contribution in [0.1, 0.15) is 28.2 Å². The molecule has 1 aliphatic carbocycles. The van der Waals surface area contributed by atoms with E-state index >= 15 is 0 Å². The smallest absolute Gasteiger partial charge is 0.0348 e. The maximum atomic E-state index is 2.24. The Morgan fingerprint density at radius 1 is 0.714 bits per heavy atom. The van der Waals surface area contributed by atoms with Gasteiger partial charge in [-0.15, -0.1) is 0 Å². The first-order valence-corrected chi connectivity index (χ1v) is 5.02. The Kier molecular flexibility index (Phi) is 1.51. The highest BCUT2D eigenvalue weighted by Gasteiger charge is 2.33. The summed E-state index contributed by atoms with van der Waals surface area (Å²) in [4.78, 5) is 0. The van der Waals surface area contributed by atoms with Gasteiger partial charge in [0.15, 0.2) is 0 Å². The van der Waals surface area contributed by atoms with Gasteiger partial charge in [-0.3, -0.25) is 0 Å². The lowest BCUT2D eigenvalue weighted by Crippen LogP contribution is -1.85. The molecule has 0 unspecified atom stereocenters. The molecule has 68 valence electrons. The summed E-state index contributed by atoms with van der Waals surface area (Å²) >= 11 is 0. The van der Waals surface area contributed by atoms with Crippen molar-refractivity contribution in [1.82, 2.24) is 0 Å². The highest BCUT2D eigenvalue weighted by molar-refractivity contribution is 5.61. The quantitative estimate of drug-likeness (QED) is 0.537. The first kappa shape index (κ1) is 7.81. The lowest BCUT2D eigenvalue weighted by molar-refractivity contribution is 1.16. The average Bonchev–Trinajstić information content (AvgIpc) is 2.93. The Labute approximate surface area is 84.2 Å². The summed E-state index contributed by atoms with van der Waals surface area (Å²) in [5.74, 6) is 0.589. The normalized spacial score (nSPS) is 13.8. The van der Waals surface area contributed by atoms with Gasteiger partial charge in [0.25, 0.3) is 0 Å². The number of rotatable bonds is 1. The van der Waals surface area contributed by atoms with Gasteiger partial charge in [0.05, 0.1) is 0 Å². The number of benzene rings is 2. The second-order valence-electron chi connectivity index (χ2n) is 3.92. The fraction of sp³-hybridized carbons (Fsp3) is 0.143. The first-order chi connectivity index (χ1) is 6.88. The van der Waals surface area contributed by atoms with E-state index in [-0.39, 0.29) is 0 Å². The van der Waals surface area contributed by atoms with E-state index in [0.29, 0.717) is 5.92 Å². The first-order valence-electron chi connectivity index (χ1n) is 5.02. The van der Waals surface area contributed by atoms with Crippen LogP contribution in [0.3, 0.4) is 0 Å². The molecule has 0 N–H and O–H groups in total. The number of hydrogen-bond donors (Lipinski definition) is 0. The van der Waals surface area contributed by atoms with Crippen LogP contribution in [0.2, 0.25) is 0 Å². The maximum Gasteiger partial charge on any atom is 0.0348 e. The molecule has 0 spiro atoms. The van der Waals surface area contributed by atoms with Crippen molar-refractivity contribution in [2.24, 2.45) is 0 Å². The molecule has 0 fully saturated rings. The van der Waals surface area contributed by atoms with Crippen molar-refractivity contribution >= 4 is 0 Å². The van der Waals surface area contributed by atoms with Gasteiger partial charge in [0.1, 0.15) is 0 Å². The summed E-state index contributed by atoms with van der Waals surface area (Å²) in [7, 11) is 0. The Morgan fingerprint density at radius 2 is 1.21 bits per heavy atom. The summed E-state index contributed by atoms with van der Waals surface area (Å²) in [6, 6.07) is 17.4. The van der Waals surface area contributed by atoms with E-state index in [1.54, 1.807) is 0 Å². The fourth-order valence-corrected chi connectivity index (χ4v) is 2.21. The van der Waals surface area contributed by atoms with Crippen molar-refractivity contribution in [3.63, 3.8) is 0 Å². The molecule has 0 aromatic heterocycles. The maximum absolute atomic E-state index is 2.24. The lowest BCUT2D eigenvalue weighted by Gasteiger charge is -2.02. The molecular formula is C14H12. The van der Waals surface area contributed by atoms with Crippen LogP contribution in [0.4, 0.5) is 0 Å². The third-order valence-electron chi connectivity index (χ3n) is 3.03. The van der Waals surface area contributed by atoms with Gasteiger partial charge in [-0.05, 0) is 29.2 Å². The molecule has 0 heteroatoms. The number of fused-ring (bicyclic) bond motifs is 1. The summed E-state index contributed by atoms with van der Waals surface area (Å²) in [5, 5.41) is 0.